The zero-order valence-electron chi connectivity index (χ0n) is 23.1. The van der Waals surface area contributed by atoms with Crippen molar-refractivity contribution < 1.29 is 37.1 Å². The minimum absolute atomic E-state index is 0.149. The Balaban J connectivity index is 0.000000616. The number of carbonyl (C=O) groups excluding carboxylic acids is 2. The van der Waals surface area contributed by atoms with Crippen LogP contribution in [0.15, 0.2) is 102 Å². The number of anilines is 1. The molecule has 2 aromatic carbocycles. The van der Waals surface area contributed by atoms with Crippen LogP contribution in [0.4, 0.5) is 18.9 Å². The van der Waals surface area contributed by atoms with Crippen LogP contribution in [-0.2, 0) is 16.0 Å². The molecule has 0 saturated heterocycles. The van der Waals surface area contributed by atoms with Crippen LogP contribution in [-0.4, -0.2) is 39.6 Å². The molecule has 1 unspecified atom stereocenters. The number of nitrogens with one attached hydrogen (secondary N) is 1. The van der Waals surface area contributed by atoms with Crippen molar-refractivity contribution in [3.05, 3.63) is 120 Å². The highest BCUT2D eigenvalue weighted by Gasteiger charge is 2.38. The van der Waals surface area contributed by atoms with Crippen molar-refractivity contribution in [3.8, 4) is 0 Å². The van der Waals surface area contributed by atoms with Crippen LogP contribution in [0.25, 0.3) is 0 Å². The molecule has 42 heavy (non-hydrogen) atoms. The second kappa shape index (κ2) is 13.6. The number of hydrogen-bond acceptors (Lipinski definition) is 5. The monoisotopic (exact) mass is 581 g/mol. The van der Waals surface area contributed by atoms with Crippen LogP contribution in [0.2, 0.25) is 0 Å². The Kier molecular flexibility index (Phi) is 10.2. The van der Waals surface area contributed by atoms with E-state index >= 15 is 0 Å². The molecule has 0 radical (unpaired) electrons. The van der Waals surface area contributed by atoms with Crippen LogP contribution in [0, 0.1) is 0 Å². The number of halogens is 3. The predicted molar refractivity (Wildman–Crippen MR) is 150 cm³/mol. The van der Waals surface area contributed by atoms with Gasteiger partial charge in [-0.15, -0.1) is 0 Å². The minimum Gasteiger partial charge on any atom is -0.475 e. The van der Waals surface area contributed by atoms with Crippen LogP contribution in [0.1, 0.15) is 54.1 Å². The number of pyridine rings is 1. The van der Waals surface area contributed by atoms with Crippen LogP contribution in [0.5, 0.6) is 0 Å². The van der Waals surface area contributed by atoms with E-state index in [1.807, 2.05) is 63.2 Å². The van der Waals surface area contributed by atoms with Crippen LogP contribution in [0.3, 0.4) is 0 Å². The lowest BCUT2D eigenvalue weighted by Crippen LogP contribution is -2.49. The number of alkyl halides is 3. The molecule has 2 N–H and O–H groups in total. The van der Waals surface area contributed by atoms with Crippen molar-refractivity contribution in [1.82, 2.24) is 10.3 Å². The molecule has 0 aliphatic heterocycles. The van der Waals surface area contributed by atoms with Gasteiger partial charge < -0.3 is 14.8 Å². The number of rotatable bonds is 7. The number of carboxylic acid groups (broad SMARTS) is 1. The molecule has 4 rings (SSSR count). The van der Waals surface area contributed by atoms with Crippen molar-refractivity contribution in [3.63, 3.8) is 0 Å². The summed E-state index contributed by atoms with van der Waals surface area (Å²) in [5, 5.41) is 10.1. The summed E-state index contributed by atoms with van der Waals surface area (Å²) in [5.41, 5.74) is 2.99. The zero-order chi connectivity index (χ0) is 30.9. The number of benzene rings is 2. The van der Waals surface area contributed by atoms with E-state index in [9.17, 15) is 22.8 Å². The largest absolute Gasteiger partial charge is 0.490 e. The maximum Gasteiger partial charge on any atom is 0.490 e. The fourth-order valence-corrected chi connectivity index (χ4v) is 3.90. The van der Waals surface area contributed by atoms with Crippen molar-refractivity contribution in [2.24, 2.45) is 0 Å². The lowest BCUT2D eigenvalue weighted by Gasteiger charge is -2.33. The first kappa shape index (κ1) is 31.6. The van der Waals surface area contributed by atoms with E-state index in [-0.39, 0.29) is 11.7 Å². The molecule has 0 spiro atoms. The molecule has 220 valence electrons. The Hall–Kier alpha value is -4.93. The molecule has 0 saturated carbocycles. The minimum atomic E-state index is -5.08. The van der Waals surface area contributed by atoms with Gasteiger partial charge >= 0.3 is 12.1 Å². The van der Waals surface area contributed by atoms with Crippen LogP contribution >= 0.6 is 0 Å². The highest BCUT2D eigenvalue weighted by molar-refractivity contribution is 6.08. The van der Waals surface area contributed by atoms with Gasteiger partial charge in [-0.3, -0.25) is 19.5 Å². The standard InChI is InChI=1S/C29H29N3O3.C2HF3O2/c1-29(2,3)31-27(33)26(23-11-7-17-30-20-23)32(28(34)25-12-8-18-35-25)24-15-13-22(14-16-24)19-21-9-5-4-6-10-21;3-2(4,5)1(6)7/h4-18,20,26H,19H2,1-3H3,(H,31,33);(H,6,7). The average Bonchev–Trinajstić information content (AvgIpc) is 3.47. The Labute approximate surface area is 240 Å². The number of furan rings is 1. The number of hydrogen-bond donors (Lipinski definition) is 2. The number of amides is 2. The third-order valence-corrected chi connectivity index (χ3v) is 5.66. The van der Waals surface area contributed by atoms with E-state index in [0.717, 1.165) is 12.0 Å². The van der Waals surface area contributed by atoms with Crippen molar-refractivity contribution in [1.29, 1.82) is 0 Å². The van der Waals surface area contributed by atoms with E-state index in [2.05, 4.69) is 22.4 Å². The van der Waals surface area contributed by atoms with Crippen molar-refractivity contribution in [2.75, 3.05) is 4.90 Å². The van der Waals surface area contributed by atoms with E-state index < -0.39 is 29.6 Å². The smallest absolute Gasteiger partial charge is 0.475 e. The van der Waals surface area contributed by atoms with E-state index in [0.29, 0.717) is 11.3 Å². The van der Waals surface area contributed by atoms with Gasteiger partial charge in [-0.2, -0.15) is 13.2 Å². The normalized spacial score (nSPS) is 12.0. The van der Waals surface area contributed by atoms with Gasteiger partial charge in [0, 0.05) is 29.2 Å². The third-order valence-electron chi connectivity index (χ3n) is 5.66. The Bertz CT molecular complexity index is 1450. The number of nitrogens with zero attached hydrogens (tertiary/aromatic N) is 2. The molecule has 0 bridgehead atoms. The zero-order valence-corrected chi connectivity index (χ0v) is 23.1. The highest BCUT2D eigenvalue weighted by atomic mass is 19.4. The van der Waals surface area contributed by atoms with E-state index in [4.69, 9.17) is 14.3 Å². The first-order valence-electron chi connectivity index (χ1n) is 12.8. The van der Waals surface area contributed by atoms with Gasteiger partial charge in [-0.25, -0.2) is 4.79 Å². The second-order valence-electron chi connectivity index (χ2n) is 10.2. The molecule has 11 heteroatoms. The summed E-state index contributed by atoms with van der Waals surface area (Å²) in [5.74, 6) is -3.33. The summed E-state index contributed by atoms with van der Waals surface area (Å²) in [6.45, 7) is 5.72. The summed E-state index contributed by atoms with van der Waals surface area (Å²) in [4.78, 5) is 41.9. The summed E-state index contributed by atoms with van der Waals surface area (Å²) in [6, 6.07) is 23.7. The molecular formula is C31H30F3N3O5. The summed E-state index contributed by atoms with van der Waals surface area (Å²) in [7, 11) is 0. The fraction of sp³-hybridized carbons (Fsp3) is 0.226. The molecule has 0 fully saturated rings. The topological polar surface area (TPSA) is 113 Å². The lowest BCUT2D eigenvalue weighted by atomic mass is 10.0. The first-order chi connectivity index (χ1) is 19.8. The Morgan fingerprint density at radius 2 is 1.52 bits per heavy atom. The first-order valence-corrected chi connectivity index (χ1v) is 12.8. The van der Waals surface area contributed by atoms with Crippen LogP contribution < -0.4 is 10.2 Å². The third kappa shape index (κ3) is 9.05. The number of carbonyl (C=O) groups is 3. The van der Waals surface area contributed by atoms with Crippen molar-refractivity contribution >= 4 is 23.5 Å². The molecule has 0 aliphatic carbocycles. The van der Waals surface area contributed by atoms with E-state index in [1.165, 1.54) is 16.7 Å². The number of aliphatic carboxylic acids is 1. The summed E-state index contributed by atoms with van der Waals surface area (Å²) in [6.07, 6.45) is 0.380. The van der Waals surface area contributed by atoms with Gasteiger partial charge in [-0.05, 0) is 68.7 Å². The fourth-order valence-electron chi connectivity index (χ4n) is 3.90. The SMILES string of the molecule is CC(C)(C)NC(=O)C(c1cccnc1)N(C(=O)c1ccco1)c1ccc(Cc2ccccc2)cc1.O=C(O)C(F)(F)F. The maximum absolute atomic E-state index is 13.7. The van der Waals surface area contributed by atoms with Gasteiger partial charge in [0.25, 0.3) is 5.91 Å². The molecule has 8 nitrogen and oxygen atoms in total. The lowest BCUT2D eigenvalue weighted by molar-refractivity contribution is -0.192. The quantitative estimate of drug-likeness (QED) is 0.269. The van der Waals surface area contributed by atoms with Gasteiger partial charge in [0.2, 0.25) is 5.91 Å². The molecule has 0 aliphatic rings. The molecule has 1 atom stereocenters. The number of carboxylic acids is 1. The predicted octanol–water partition coefficient (Wildman–Crippen LogP) is 6.20. The van der Waals surface area contributed by atoms with E-state index in [1.54, 1.807) is 36.7 Å². The highest BCUT2D eigenvalue weighted by Crippen LogP contribution is 2.31. The maximum atomic E-state index is 13.7. The molecule has 2 heterocycles. The molecule has 4 aromatic rings. The van der Waals surface area contributed by atoms with Crippen molar-refractivity contribution in [2.45, 2.75) is 44.9 Å². The number of aromatic nitrogens is 1. The van der Waals surface area contributed by atoms with Gasteiger partial charge in [0.15, 0.2) is 5.76 Å². The Morgan fingerprint density at radius 3 is 2.02 bits per heavy atom. The Morgan fingerprint density at radius 1 is 0.905 bits per heavy atom. The summed E-state index contributed by atoms with van der Waals surface area (Å²) < 4.78 is 37.2. The van der Waals surface area contributed by atoms with Gasteiger partial charge in [0.05, 0.1) is 6.26 Å². The molecular weight excluding hydrogens is 551 g/mol. The van der Waals surface area contributed by atoms with Gasteiger partial charge in [0.1, 0.15) is 6.04 Å². The summed E-state index contributed by atoms with van der Waals surface area (Å²) >= 11 is 0. The second-order valence-corrected chi connectivity index (χ2v) is 10.2. The molecule has 2 aromatic heterocycles. The van der Waals surface area contributed by atoms with Gasteiger partial charge in [-0.1, -0.05) is 48.5 Å². The average molecular weight is 582 g/mol. The molecule has 2 amide bonds.